The summed E-state index contributed by atoms with van der Waals surface area (Å²) in [6.45, 7) is 1.98. The summed E-state index contributed by atoms with van der Waals surface area (Å²) in [6.07, 6.45) is 0. The highest BCUT2D eigenvalue weighted by Gasteiger charge is 2.06. The van der Waals surface area contributed by atoms with Crippen LogP contribution in [0.3, 0.4) is 0 Å². The van der Waals surface area contributed by atoms with Crippen LogP contribution >= 0.6 is 15.9 Å². The van der Waals surface area contributed by atoms with Gasteiger partial charge in [0, 0.05) is 10.5 Å². The highest BCUT2D eigenvalue weighted by atomic mass is 79.9. The Kier molecular flexibility index (Phi) is 3.24. The summed E-state index contributed by atoms with van der Waals surface area (Å²) in [5.41, 5.74) is 0.639. The van der Waals surface area contributed by atoms with E-state index in [1.165, 1.54) is 6.07 Å². The predicted molar refractivity (Wildman–Crippen MR) is 59.7 cm³/mol. The van der Waals surface area contributed by atoms with Crippen molar-refractivity contribution in [3.8, 4) is 5.75 Å². The molecular weight excluding hydrogens is 277 g/mol. The zero-order valence-corrected chi connectivity index (χ0v) is 10.1. The molecule has 0 saturated heterocycles. The van der Waals surface area contributed by atoms with Gasteiger partial charge in [-0.25, -0.2) is 4.39 Å². The van der Waals surface area contributed by atoms with E-state index in [9.17, 15) is 4.39 Å². The number of hydrogen-bond donors (Lipinski definition) is 0. The van der Waals surface area contributed by atoms with Crippen LogP contribution in [0.2, 0.25) is 0 Å². The van der Waals surface area contributed by atoms with E-state index in [2.05, 4.69) is 21.1 Å². The Labute approximate surface area is 100 Å². The highest BCUT2D eigenvalue weighted by Crippen LogP contribution is 2.22. The third-order valence-electron chi connectivity index (χ3n) is 1.95. The fraction of sp³-hybridized carbons (Fsp3) is 0.182. The first kappa shape index (κ1) is 11.1. The maximum atomic E-state index is 13.4. The molecule has 1 heterocycles. The van der Waals surface area contributed by atoms with Gasteiger partial charge in [-0.1, -0.05) is 21.1 Å². The zero-order chi connectivity index (χ0) is 11.5. The van der Waals surface area contributed by atoms with Crippen molar-refractivity contribution in [3.63, 3.8) is 0 Å². The van der Waals surface area contributed by atoms with E-state index >= 15 is 0 Å². The second-order valence-electron chi connectivity index (χ2n) is 3.29. The van der Waals surface area contributed by atoms with Crippen LogP contribution in [0.15, 0.2) is 33.3 Å². The third kappa shape index (κ3) is 2.61. The van der Waals surface area contributed by atoms with Gasteiger partial charge in [-0.15, -0.1) is 0 Å². The number of ether oxygens (including phenoxy) is 1. The monoisotopic (exact) mass is 285 g/mol. The summed E-state index contributed by atoms with van der Waals surface area (Å²) in [7, 11) is 0. The predicted octanol–water partition coefficient (Wildman–Crippen LogP) is 3.46. The Balaban J connectivity index is 2.04. The number of benzene rings is 1. The Morgan fingerprint density at radius 2 is 2.25 bits per heavy atom. The standard InChI is InChI=1S/C11H9BrFNO2/c1-7-4-9(14-16-7)6-15-11-3-2-8(12)5-10(11)13/h2-5H,6H2,1H3. The molecule has 0 aliphatic carbocycles. The van der Waals surface area contributed by atoms with E-state index in [1.54, 1.807) is 25.1 Å². The lowest BCUT2D eigenvalue weighted by atomic mass is 10.3. The van der Waals surface area contributed by atoms with Crippen LogP contribution in [0, 0.1) is 12.7 Å². The molecule has 0 aliphatic rings. The second-order valence-corrected chi connectivity index (χ2v) is 4.21. The fourth-order valence-corrected chi connectivity index (χ4v) is 1.56. The van der Waals surface area contributed by atoms with Crippen molar-refractivity contribution in [3.05, 3.63) is 46.0 Å². The lowest BCUT2D eigenvalue weighted by molar-refractivity contribution is 0.275. The van der Waals surface area contributed by atoms with Crippen molar-refractivity contribution in [2.75, 3.05) is 0 Å². The minimum Gasteiger partial charge on any atom is -0.484 e. The molecule has 3 nitrogen and oxygen atoms in total. The number of halogens is 2. The second kappa shape index (κ2) is 4.65. The maximum absolute atomic E-state index is 13.4. The summed E-state index contributed by atoms with van der Waals surface area (Å²) in [4.78, 5) is 0. The molecule has 0 amide bonds. The van der Waals surface area contributed by atoms with Gasteiger partial charge in [0.15, 0.2) is 11.6 Å². The Bertz CT molecular complexity index is 498. The van der Waals surface area contributed by atoms with Crippen LogP contribution < -0.4 is 4.74 Å². The fourth-order valence-electron chi connectivity index (χ4n) is 1.23. The van der Waals surface area contributed by atoms with Gasteiger partial charge in [-0.3, -0.25) is 0 Å². The van der Waals surface area contributed by atoms with Gasteiger partial charge < -0.3 is 9.26 Å². The molecular formula is C11H9BrFNO2. The first-order valence-corrected chi connectivity index (χ1v) is 5.44. The molecule has 16 heavy (non-hydrogen) atoms. The summed E-state index contributed by atoms with van der Waals surface area (Å²) < 4.78 is 24.2. The van der Waals surface area contributed by atoms with Gasteiger partial charge >= 0.3 is 0 Å². The van der Waals surface area contributed by atoms with Crippen LogP contribution in [0.5, 0.6) is 5.75 Å². The normalized spacial score (nSPS) is 10.4. The molecule has 0 radical (unpaired) electrons. The SMILES string of the molecule is Cc1cc(COc2ccc(Br)cc2F)no1. The van der Waals surface area contributed by atoms with Crippen LogP contribution in [0.1, 0.15) is 11.5 Å². The maximum Gasteiger partial charge on any atom is 0.166 e. The molecule has 0 spiro atoms. The van der Waals surface area contributed by atoms with E-state index in [0.29, 0.717) is 15.9 Å². The first-order valence-electron chi connectivity index (χ1n) is 4.65. The van der Waals surface area contributed by atoms with Gasteiger partial charge in [0.1, 0.15) is 18.1 Å². The molecule has 0 unspecified atom stereocenters. The van der Waals surface area contributed by atoms with Gasteiger partial charge in [-0.2, -0.15) is 0 Å². The molecule has 5 heteroatoms. The van der Waals surface area contributed by atoms with E-state index in [0.717, 1.165) is 0 Å². The molecule has 0 N–H and O–H groups in total. The summed E-state index contributed by atoms with van der Waals surface area (Å²) in [5.74, 6) is 0.494. The van der Waals surface area contributed by atoms with E-state index in [1.807, 2.05) is 0 Å². The number of rotatable bonds is 3. The lowest BCUT2D eigenvalue weighted by Crippen LogP contribution is -1.97. The molecule has 1 aromatic heterocycles. The number of aromatic nitrogens is 1. The van der Waals surface area contributed by atoms with Crippen molar-refractivity contribution in [1.29, 1.82) is 0 Å². The Morgan fingerprint density at radius 3 is 2.88 bits per heavy atom. The number of hydrogen-bond acceptors (Lipinski definition) is 3. The van der Waals surface area contributed by atoms with E-state index < -0.39 is 5.82 Å². The Morgan fingerprint density at radius 1 is 1.44 bits per heavy atom. The molecule has 1 aromatic carbocycles. The third-order valence-corrected chi connectivity index (χ3v) is 2.44. The molecule has 2 aromatic rings. The molecule has 0 atom stereocenters. The first-order chi connectivity index (χ1) is 7.65. The van der Waals surface area contributed by atoms with Gasteiger partial charge in [-0.05, 0) is 25.1 Å². The Hall–Kier alpha value is -1.36. The summed E-state index contributed by atoms with van der Waals surface area (Å²) in [6, 6.07) is 6.37. The summed E-state index contributed by atoms with van der Waals surface area (Å²) >= 11 is 3.17. The minimum absolute atomic E-state index is 0.190. The van der Waals surface area contributed by atoms with Crippen molar-refractivity contribution in [2.45, 2.75) is 13.5 Å². The lowest BCUT2D eigenvalue weighted by Gasteiger charge is -2.04. The van der Waals surface area contributed by atoms with E-state index in [4.69, 9.17) is 9.26 Å². The average Bonchev–Trinajstić information content (AvgIpc) is 2.63. The van der Waals surface area contributed by atoms with Crippen LogP contribution in [-0.4, -0.2) is 5.16 Å². The zero-order valence-electron chi connectivity index (χ0n) is 8.54. The molecule has 0 saturated carbocycles. The van der Waals surface area contributed by atoms with Crippen molar-refractivity contribution in [2.24, 2.45) is 0 Å². The molecule has 0 aliphatic heterocycles. The molecule has 2 rings (SSSR count). The van der Waals surface area contributed by atoms with Crippen LogP contribution in [-0.2, 0) is 6.61 Å². The van der Waals surface area contributed by atoms with Crippen molar-refractivity contribution < 1.29 is 13.7 Å². The average molecular weight is 286 g/mol. The van der Waals surface area contributed by atoms with E-state index in [-0.39, 0.29) is 12.4 Å². The van der Waals surface area contributed by atoms with Crippen molar-refractivity contribution >= 4 is 15.9 Å². The summed E-state index contributed by atoms with van der Waals surface area (Å²) in [5, 5.41) is 3.75. The van der Waals surface area contributed by atoms with Crippen LogP contribution in [0.4, 0.5) is 4.39 Å². The quantitative estimate of drug-likeness (QED) is 0.866. The topological polar surface area (TPSA) is 35.3 Å². The van der Waals surface area contributed by atoms with Gasteiger partial charge in [0.05, 0.1) is 0 Å². The number of aryl methyl sites for hydroxylation is 1. The van der Waals surface area contributed by atoms with Gasteiger partial charge in [0.25, 0.3) is 0 Å². The largest absolute Gasteiger partial charge is 0.484 e. The number of nitrogens with zero attached hydrogens (tertiary/aromatic N) is 1. The highest BCUT2D eigenvalue weighted by molar-refractivity contribution is 9.10. The van der Waals surface area contributed by atoms with Gasteiger partial charge in [0.2, 0.25) is 0 Å². The minimum atomic E-state index is -0.408. The molecule has 84 valence electrons. The van der Waals surface area contributed by atoms with Crippen LogP contribution in [0.25, 0.3) is 0 Å². The molecule has 0 bridgehead atoms. The van der Waals surface area contributed by atoms with Crippen molar-refractivity contribution in [1.82, 2.24) is 5.16 Å². The smallest absolute Gasteiger partial charge is 0.166 e. The molecule has 0 fully saturated rings.